The zero-order valence-electron chi connectivity index (χ0n) is 10.4. The van der Waals surface area contributed by atoms with Crippen molar-refractivity contribution in [3.8, 4) is 5.75 Å². The monoisotopic (exact) mass is 233 g/mol. The Morgan fingerprint density at radius 3 is 2.71 bits per heavy atom. The Hall–Kier alpha value is -1.51. The average molecular weight is 233 g/mol. The highest BCUT2D eigenvalue weighted by atomic mass is 16.3. The highest BCUT2D eigenvalue weighted by molar-refractivity contribution is 5.95. The number of amides is 1. The zero-order chi connectivity index (χ0) is 12.4. The van der Waals surface area contributed by atoms with Crippen LogP contribution in [0.3, 0.4) is 0 Å². The molecule has 0 aromatic heterocycles. The van der Waals surface area contributed by atoms with Gasteiger partial charge in [-0.15, -0.1) is 0 Å². The number of carbonyl (C=O) groups is 1. The van der Waals surface area contributed by atoms with Crippen molar-refractivity contribution in [3.05, 3.63) is 29.3 Å². The van der Waals surface area contributed by atoms with Crippen molar-refractivity contribution in [2.45, 2.75) is 26.2 Å². The van der Waals surface area contributed by atoms with E-state index >= 15 is 0 Å². The first kappa shape index (κ1) is 12.0. The SMILES string of the molecule is Cc1cc(O)ccc1C(=O)N(C)CC1CCC1. The lowest BCUT2D eigenvalue weighted by Crippen LogP contribution is -2.34. The van der Waals surface area contributed by atoms with E-state index in [0.29, 0.717) is 11.5 Å². The molecule has 1 aliphatic rings. The van der Waals surface area contributed by atoms with E-state index in [1.807, 2.05) is 14.0 Å². The van der Waals surface area contributed by atoms with Gasteiger partial charge in [-0.1, -0.05) is 6.42 Å². The van der Waals surface area contributed by atoms with Crippen LogP contribution in [0.15, 0.2) is 18.2 Å². The van der Waals surface area contributed by atoms with E-state index in [0.717, 1.165) is 12.1 Å². The first-order valence-electron chi connectivity index (χ1n) is 6.13. The summed E-state index contributed by atoms with van der Waals surface area (Å²) in [5, 5.41) is 9.33. The second kappa shape index (κ2) is 4.78. The van der Waals surface area contributed by atoms with Crippen molar-refractivity contribution in [2.75, 3.05) is 13.6 Å². The Morgan fingerprint density at radius 1 is 1.47 bits per heavy atom. The number of carbonyl (C=O) groups excluding carboxylic acids is 1. The molecule has 1 saturated carbocycles. The Morgan fingerprint density at radius 2 is 2.18 bits per heavy atom. The molecule has 17 heavy (non-hydrogen) atoms. The second-order valence-electron chi connectivity index (χ2n) is 4.98. The maximum Gasteiger partial charge on any atom is 0.253 e. The Labute approximate surface area is 102 Å². The maximum atomic E-state index is 12.2. The maximum absolute atomic E-state index is 12.2. The largest absolute Gasteiger partial charge is 0.508 e. The number of phenolic OH excluding ortho intramolecular Hbond substituents is 1. The van der Waals surface area contributed by atoms with Crippen molar-refractivity contribution >= 4 is 5.91 Å². The number of hydrogen-bond acceptors (Lipinski definition) is 2. The third-order valence-corrected chi connectivity index (χ3v) is 3.54. The fraction of sp³-hybridized carbons (Fsp3) is 0.500. The van der Waals surface area contributed by atoms with Crippen molar-refractivity contribution in [1.29, 1.82) is 0 Å². The lowest BCUT2D eigenvalue weighted by Gasteiger charge is -2.30. The molecule has 1 N–H and O–H groups in total. The van der Waals surface area contributed by atoms with E-state index in [2.05, 4.69) is 0 Å². The average Bonchev–Trinajstić information content (AvgIpc) is 2.22. The molecule has 0 unspecified atom stereocenters. The van der Waals surface area contributed by atoms with Gasteiger partial charge in [0.05, 0.1) is 0 Å². The van der Waals surface area contributed by atoms with Crippen LogP contribution >= 0.6 is 0 Å². The number of nitrogens with zero attached hydrogens (tertiary/aromatic N) is 1. The van der Waals surface area contributed by atoms with E-state index < -0.39 is 0 Å². The van der Waals surface area contributed by atoms with Crippen LogP contribution in [0.1, 0.15) is 35.2 Å². The van der Waals surface area contributed by atoms with Gasteiger partial charge in [0.1, 0.15) is 5.75 Å². The van der Waals surface area contributed by atoms with E-state index in [1.54, 1.807) is 23.1 Å². The normalized spacial score (nSPS) is 15.4. The molecule has 1 aliphatic carbocycles. The smallest absolute Gasteiger partial charge is 0.253 e. The van der Waals surface area contributed by atoms with Crippen LogP contribution < -0.4 is 0 Å². The number of benzene rings is 1. The van der Waals surface area contributed by atoms with E-state index in [9.17, 15) is 9.90 Å². The van der Waals surface area contributed by atoms with Crippen LogP contribution in [0, 0.1) is 12.8 Å². The highest BCUT2D eigenvalue weighted by Crippen LogP contribution is 2.27. The summed E-state index contributed by atoms with van der Waals surface area (Å²) >= 11 is 0. The predicted octanol–water partition coefficient (Wildman–Crippen LogP) is 2.57. The number of rotatable bonds is 3. The molecule has 0 spiro atoms. The first-order chi connectivity index (χ1) is 8.08. The quantitative estimate of drug-likeness (QED) is 0.871. The zero-order valence-corrected chi connectivity index (χ0v) is 10.4. The van der Waals surface area contributed by atoms with E-state index in [4.69, 9.17) is 0 Å². The minimum Gasteiger partial charge on any atom is -0.508 e. The van der Waals surface area contributed by atoms with Gasteiger partial charge in [0.15, 0.2) is 0 Å². The number of aromatic hydroxyl groups is 1. The molecule has 0 radical (unpaired) electrons. The third kappa shape index (κ3) is 2.60. The Balaban J connectivity index is 2.07. The molecule has 92 valence electrons. The van der Waals surface area contributed by atoms with Crippen molar-refractivity contribution < 1.29 is 9.90 Å². The van der Waals surface area contributed by atoms with Crippen LogP contribution in [-0.2, 0) is 0 Å². The highest BCUT2D eigenvalue weighted by Gasteiger charge is 2.22. The van der Waals surface area contributed by atoms with Gasteiger partial charge in [-0.2, -0.15) is 0 Å². The van der Waals surface area contributed by atoms with Gasteiger partial charge < -0.3 is 10.0 Å². The minimum atomic E-state index is 0.0504. The molecule has 0 bridgehead atoms. The molecule has 3 nitrogen and oxygen atoms in total. The van der Waals surface area contributed by atoms with Gasteiger partial charge in [0, 0.05) is 19.2 Å². The fourth-order valence-electron chi connectivity index (χ4n) is 2.24. The summed E-state index contributed by atoms with van der Waals surface area (Å²) < 4.78 is 0. The molecule has 1 aromatic carbocycles. The van der Waals surface area contributed by atoms with Crippen LogP contribution in [0.2, 0.25) is 0 Å². The van der Waals surface area contributed by atoms with Gasteiger partial charge in [-0.25, -0.2) is 0 Å². The molecule has 1 aromatic rings. The topological polar surface area (TPSA) is 40.5 Å². The molecule has 0 heterocycles. The standard InChI is InChI=1S/C14H19NO2/c1-10-8-12(16)6-7-13(10)14(17)15(2)9-11-4-3-5-11/h6-8,11,16H,3-5,9H2,1-2H3. The molecule has 1 amide bonds. The van der Waals surface area contributed by atoms with E-state index in [1.165, 1.54) is 19.3 Å². The molecule has 0 atom stereocenters. The van der Waals surface area contributed by atoms with Crippen LogP contribution in [0.5, 0.6) is 5.75 Å². The summed E-state index contributed by atoms with van der Waals surface area (Å²) in [6, 6.07) is 4.89. The van der Waals surface area contributed by atoms with Crippen LogP contribution in [0.25, 0.3) is 0 Å². The molecular weight excluding hydrogens is 214 g/mol. The van der Waals surface area contributed by atoms with Gasteiger partial charge in [-0.3, -0.25) is 4.79 Å². The summed E-state index contributed by atoms with van der Waals surface area (Å²) in [7, 11) is 1.85. The van der Waals surface area contributed by atoms with E-state index in [-0.39, 0.29) is 11.7 Å². The number of phenols is 1. The summed E-state index contributed by atoms with van der Waals surface area (Å²) in [5.41, 5.74) is 1.51. The predicted molar refractivity (Wildman–Crippen MR) is 67.1 cm³/mol. The van der Waals surface area contributed by atoms with Crippen LogP contribution in [0.4, 0.5) is 0 Å². The van der Waals surface area contributed by atoms with Crippen molar-refractivity contribution in [2.24, 2.45) is 5.92 Å². The molecule has 2 rings (SSSR count). The lowest BCUT2D eigenvalue weighted by molar-refractivity contribution is 0.0744. The van der Waals surface area contributed by atoms with Gasteiger partial charge in [-0.05, 0) is 49.4 Å². The lowest BCUT2D eigenvalue weighted by atomic mass is 9.85. The van der Waals surface area contributed by atoms with Crippen LogP contribution in [-0.4, -0.2) is 29.5 Å². The Bertz CT molecular complexity index is 424. The number of hydrogen-bond donors (Lipinski definition) is 1. The van der Waals surface area contributed by atoms with Gasteiger partial charge in [0.25, 0.3) is 5.91 Å². The molecule has 1 fully saturated rings. The summed E-state index contributed by atoms with van der Waals surface area (Å²) in [4.78, 5) is 14.0. The number of aryl methyl sites for hydroxylation is 1. The minimum absolute atomic E-state index is 0.0504. The summed E-state index contributed by atoms with van der Waals surface area (Å²) in [5.74, 6) is 0.941. The Kier molecular flexibility index (Phi) is 3.36. The summed E-state index contributed by atoms with van der Waals surface area (Å²) in [6.45, 7) is 2.70. The van der Waals surface area contributed by atoms with Crippen molar-refractivity contribution in [3.63, 3.8) is 0 Å². The molecule has 3 heteroatoms. The van der Waals surface area contributed by atoms with Crippen molar-refractivity contribution in [1.82, 2.24) is 4.90 Å². The van der Waals surface area contributed by atoms with Gasteiger partial charge in [0.2, 0.25) is 0 Å². The third-order valence-electron chi connectivity index (χ3n) is 3.54. The molecule has 0 saturated heterocycles. The molecule has 0 aliphatic heterocycles. The van der Waals surface area contributed by atoms with Gasteiger partial charge >= 0.3 is 0 Å². The first-order valence-corrected chi connectivity index (χ1v) is 6.13. The second-order valence-corrected chi connectivity index (χ2v) is 4.98. The molecular formula is C14H19NO2. The fourth-order valence-corrected chi connectivity index (χ4v) is 2.24. The summed E-state index contributed by atoms with van der Waals surface area (Å²) in [6.07, 6.45) is 3.78.